The van der Waals surface area contributed by atoms with Crippen molar-refractivity contribution in [2.45, 2.75) is 174 Å². The van der Waals surface area contributed by atoms with Gasteiger partial charge in [0.25, 0.3) is 0 Å². The molecule has 0 aliphatic carbocycles. The van der Waals surface area contributed by atoms with E-state index in [0.717, 1.165) is 50.1 Å². The summed E-state index contributed by atoms with van der Waals surface area (Å²) in [7, 11) is 0. The first-order chi connectivity index (χ1) is 43.7. The van der Waals surface area contributed by atoms with E-state index in [4.69, 9.17) is 67.0 Å². The number of carbonyl (C=O) groups excluding carboxylic acids is 6. The molecule has 19 nitrogen and oxygen atoms in total. The van der Waals surface area contributed by atoms with E-state index in [9.17, 15) is 43.8 Å². The highest BCUT2D eigenvalue weighted by atomic mass is 35.5. The number of ether oxygens (including phenoxy) is 1. The second kappa shape index (κ2) is 43.6. The van der Waals surface area contributed by atoms with E-state index in [1.807, 2.05) is 91.0 Å². The molecule has 14 N–H and O–H groups in total. The molecule has 0 aromatic heterocycles. The summed E-state index contributed by atoms with van der Waals surface area (Å²) in [5.74, 6) is -2.53. The Morgan fingerprint density at radius 3 is 1.13 bits per heavy atom. The van der Waals surface area contributed by atoms with Crippen molar-refractivity contribution in [2.75, 3.05) is 0 Å². The van der Waals surface area contributed by atoms with Crippen LogP contribution < -0.4 is 38.5 Å². The molecule has 0 fully saturated rings. The van der Waals surface area contributed by atoms with Crippen molar-refractivity contribution in [3.63, 3.8) is 0 Å². The van der Waals surface area contributed by atoms with Crippen LogP contribution in [0.3, 0.4) is 0 Å². The monoisotopic (exact) mass is 1360 g/mol. The van der Waals surface area contributed by atoms with E-state index < -0.39 is 59.8 Å². The van der Waals surface area contributed by atoms with Crippen molar-refractivity contribution in [3.8, 4) is 0 Å². The van der Waals surface area contributed by atoms with Gasteiger partial charge >= 0.3 is 12.1 Å². The Hall–Kier alpha value is -7.27. The van der Waals surface area contributed by atoms with Crippen LogP contribution in [-0.2, 0) is 92.0 Å². The Labute approximate surface area is 567 Å². The van der Waals surface area contributed by atoms with Crippen LogP contribution in [-0.4, -0.2) is 104 Å². The number of amides is 4. The third-order valence-electron chi connectivity index (χ3n) is 14.3. The first-order valence-corrected chi connectivity index (χ1v) is 31.5. The van der Waals surface area contributed by atoms with Gasteiger partial charge in [-0.3, -0.25) is 28.8 Å². The van der Waals surface area contributed by atoms with E-state index in [1.165, 1.54) is 6.92 Å². The number of halogens is 4. The standard InChI is InChI=1S/2C22H27ClN2O3.C18H26N2O5.C8H10ClNO.ClH/c2*1-15(21(27)12-9-17-13-19(23)10-8-18(17)14-26)25-22(28)20(24)11-7-16-5-3-2-4-6-16;1-12(16(22)23)19-15(21)14(20-17(24)25-18(2,3)4)11-10-13-8-6-5-7-9-13;9-8-2-1-6(5-11)7(3-8)4-10;/h2*2-6,8,10,13,15,20,26H,7,9,11-12,14,24H2,1H3,(H,25,28);5-9,12,14H,10-11H2,1-4H3,(H,19,21)(H,20,24)(H,22,23);1-3,11H,4-5,10H2;1H/t2*15-,20+;12-,14+;;/m000../s1. The number of Topliss-reactive ketones (excluding diaryl/α,β-unsaturated/α-hetero) is 2. The maximum Gasteiger partial charge on any atom is 0.408 e. The maximum absolute atomic E-state index is 12.4. The number of nitrogens with one attached hydrogen (secondary N) is 4. The molecule has 506 valence electrons. The van der Waals surface area contributed by atoms with Gasteiger partial charge in [-0.15, -0.1) is 12.4 Å². The van der Waals surface area contributed by atoms with Crippen molar-refractivity contribution < 1.29 is 58.7 Å². The summed E-state index contributed by atoms with van der Waals surface area (Å²) >= 11 is 17.7. The number of aliphatic hydroxyl groups is 3. The summed E-state index contributed by atoms with van der Waals surface area (Å²) in [5, 5.41) is 48.6. The number of aryl methyl sites for hydroxylation is 5. The smallest absolute Gasteiger partial charge is 0.408 e. The van der Waals surface area contributed by atoms with Crippen molar-refractivity contribution in [1.82, 2.24) is 21.3 Å². The first-order valence-electron chi connectivity index (χ1n) is 30.3. The van der Waals surface area contributed by atoms with E-state index in [-0.39, 0.29) is 68.5 Å². The molecule has 6 aromatic rings. The van der Waals surface area contributed by atoms with Gasteiger partial charge in [0.05, 0.1) is 44.0 Å². The predicted octanol–water partition coefficient (Wildman–Crippen LogP) is 9.41. The number of benzene rings is 6. The van der Waals surface area contributed by atoms with Gasteiger partial charge in [0, 0.05) is 34.5 Å². The number of ketones is 2. The number of nitrogens with two attached hydrogens (primary N) is 3. The quantitative estimate of drug-likeness (QED) is 0.0208. The molecule has 6 atom stereocenters. The third kappa shape index (κ3) is 32.4. The Morgan fingerprint density at radius 1 is 0.462 bits per heavy atom. The molecule has 6 rings (SSSR count). The van der Waals surface area contributed by atoms with Crippen LogP contribution in [0.4, 0.5) is 4.79 Å². The van der Waals surface area contributed by atoms with Gasteiger partial charge in [0.2, 0.25) is 17.7 Å². The van der Waals surface area contributed by atoms with Gasteiger partial charge in [0.1, 0.15) is 17.7 Å². The van der Waals surface area contributed by atoms with Gasteiger partial charge in [-0.1, -0.05) is 144 Å². The van der Waals surface area contributed by atoms with Crippen LogP contribution in [0.2, 0.25) is 15.1 Å². The summed E-state index contributed by atoms with van der Waals surface area (Å²) in [4.78, 5) is 84.5. The Morgan fingerprint density at radius 2 is 0.796 bits per heavy atom. The normalized spacial score (nSPS) is 12.6. The highest BCUT2D eigenvalue weighted by Crippen LogP contribution is 2.21. The molecule has 0 heterocycles. The number of carboxylic acids is 1. The molecule has 93 heavy (non-hydrogen) atoms. The minimum absolute atomic E-state index is 0. The second-order valence-corrected chi connectivity index (χ2v) is 24.2. The van der Waals surface area contributed by atoms with E-state index in [0.29, 0.717) is 73.0 Å². The van der Waals surface area contributed by atoms with Crippen molar-refractivity contribution >= 4 is 88.6 Å². The fourth-order valence-corrected chi connectivity index (χ4v) is 9.48. The summed E-state index contributed by atoms with van der Waals surface area (Å²) in [6.45, 7) is 10.1. The topological polar surface area (TPSA) is 336 Å². The number of carbonyl (C=O) groups is 7. The summed E-state index contributed by atoms with van der Waals surface area (Å²) in [6.07, 6.45) is 3.99. The molecule has 23 heteroatoms. The zero-order chi connectivity index (χ0) is 68.3. The molecule has 0 aliphatic rings. The minimum atomic E-state index is -1.15. The molecule has 0 aliphatic heterocycles. The van der Waals surface area contributed by atoms with Gasteiger partial charge in [-0.2, -0.15) is 0 Å². The number of rotatable bonds is 29. The van der Waals surface area contributed by atoms with Crippen molar-refractivity contribution in [3.05, 3.63) is 211 Å². The molecular formula is C70H91Cl4N7O12. The van der Waals surface area contributed by atoms with Crippen LogP contribution in [0.1, 0.15) is 124 Å². The molecule has 0 bridgehead atoms. The maximum atomic E-state index is 12.4. The van der Waals surface area contributed by atoms with E-state index >= 15 is 0 Å². The van der Waals surface area contributed by atoms with Crippen LogP contribution >= 0.6 is 47.2 Å². The zero-order valence-corrected chi connectivity index (χ0v) is 56.6. The number of aliphatic carboxylic acids is 1. The first kappa shape index (κ1) is 81.8. The van der Waals surface area contributed by atoms with Gasteiger partial charge in [-0.05, 0) is 179 Å². The third-order valence-corrected chi connectivity index (χ3v) is 15.1. The zero-order valence-electron chi connectivity index (χ0n) is 53.5. The van der Waals surface area contributed by atoms with Crippen molar-refractivity contribution in [1.29, 1.82) is 0 Å². The lowest BCUT2D eigenvalue weighted by Gasteiger charge is -2.24. The highest BCUT2D eigenvalue weighted by Gasteiger charge is 2.27. The number of carboxylic acid groups (broad SMARTS) is 1. The molecular weight excluding hydrogens is 1270 g/mol. The fourth-order valence-electron chi connectivity index (χ4n) is 8.90. The summed E-state index contributed by atoms with van der Waals surface area (Å²) < 4.78 is 5.18. The van der Waals surface area contributed by atoms with Crippen molar-refractivity contribution in [2.24, 2.45) is 17.2 Å². The average Bonchev–Trinajstić information content (AvgIpc) is 1.84. The number of alkyl carbamates (subject to hydrolysis) is 1. The molecule has 0 unspecified atom stereocenters. The summed E-state index contributed by atoms with van der Waals surface area (Å²) in [5.41, 5.74) is 24.8. The number of aliphatic hydroxyl groups excluding tert-OH is 3. The average molecular weight is 1360 g/mol. The van der Waals surface area contributed by atoms with Gasteiger partial charge in [0.15, 0.2) is 11.6 Å². The number of hydrogen-bond donors (Lipinski definition) is 11. The van der Waals surface area contributed by atoms with Gasteiger partial charge in [-0.25, -0.2) is 4.79 Å². The van der Waals surface area contributed by atoms with Gasteiger partial charge < -0.3 is 63.6 Å². The van der Waals surface area contributed by atoms with Crippen LogP contribution in [0, 0.1) is 0 Å². The predicted molar refractivity (Wildman–Crippen MR) is 368 cm³/mol. The molecule has 0 saturated carbocycles. The second-order valence-electron chi connectivity index (χ2n) is 22.9. The Balaban J connectivity index is 0.000000437. The summed E-state index contributed by atoms with van der Waals surface area (Å²) in [6, 6.07) is 40.4. The Bertz CT molecular complexity index is 3140. The molecule has 6 aromatic carbocycles. The minimum Gasteiger partial charge on any atom is -0.480 e. The number of hydrogen-bond acceptors (Lipinski definition) is 14. The van der Waals surface area contributed by atoms with Crippen LogP contribution in [0.15, 0.2) is 146 Å². The molecule has 0 radical (unpaired) electrons. The lowest BCUT2D eigenvalue weighted by atomic mass is 9.99. The molecule has 0 saturated heterocycles. The van der Waals surface area contributed by atoms with Crippen LogP contribution in [0.25, 0.3) is 0 Å². The lowest BCUT2D eigenvalue weighted by Crippen LogP contribution is -2.51. The molecule has 4 amide bonds. The van der Waals surface area contributed by atoms with E-state index in [2.05, 4.69) is 21.3 Å². The SMILES string of the molecule is C[C@H](NC(=O)[C@@H](CCc1ccccc1)NC(=O)OC(C)(C)C)C(=O)O.C[C@H](NC(=O)[C@H](N)CCc1ccccc1)C(=O)CCc1cc(Cl)ccc1CO.C[C@H](NC(=O)[C@H](N)CCc1ccccc1)C(=O)CCc1cc(Cl)ccc1CO.Cl.NCc1cc(Cl)ccc1CO. The van der Waals surface area contributed by atoms with E-state index in [1.54, 1.807) is 89.2 Å². The lowest BCUT2D eigenvalue weighted by molar-refractivity contribution is -0.141. The highest BCUT2D eigenvalue weighted by molar-refractivity contribution is 6.31. The Kier molecular flexibility index (Phi) is 38.4. The molecule has 0 spiro atoms. The largest absolute Gasteiger partial charge is 0.480 e. The van der Waals surface area contributed by atoms with Crippen LogP contribution in [0.5, 0.6) is 0 Å². The fraction of sp³-hybridized carbons (Fsp3) is 0.386.